The number of fused-ring (bicyclic) bond motifs is 1. The van der Waals surface area contributed by atoms with E-state index < -0.39 is 12.0 Å². The Morgan fingerprint density at radius 2 is 1.73 bits per heavy atom. The zero-order chi connectivity index (χ0) is 34.5. The summed E-state index contributed by atoms with van der Waals surface area (Å²) < 4.78 is 26.6. The molecule has 1 aromatic heterocycles. The molecule has 0 N–H and O–H groups in total. The highest BCUT2D eigenvalue weighted by molar-refractivity contribution is 14.1. The van der Waals surface area contributed by atoms with Gasteiger partial charge in [-0.25, -0.2) is 14.6 Å². The molecule has 4 aromatic rings. The van der Waals surface area contributed by atoms with Gasteiger partial charge in [-0.2, -0.15) is 0 Å². The summed E-state index contributed by atoms with van der Waals surface area (Å²) in [4.78, 5) is 44.9. The lowest BCUT2D eigenvalue weighted by molar-refractivity contribution is -0.139. The third-order valence-electron chi connectivity index (χ3n) is 7.27. The Morgan fingerprint density at radius 1 is 1.04 bits per heavy atom. The molecule has 1 aliphatic heterocycles. The van der Waals surface area contributed by atoms with Gasteiger partial charge in [0.1, 0.15) is 24.1 Å². The van der Waals surface area contributed by atoms with E-state index in [1.54, 1.807) is 43.5 Å². The van der Waals surface area contributed by atoms with E-state index in [0.29, 0.717) is 49.8 Å². The van der Waals surface area contributed by atoms with Crippen molar-refractivity contribution in [2.24, 2.45) is 4.99 Å². The van der Waals surface area contributed by atoms with Gasteiger partial charge in [0, 0.05) is 15.6 Å². The second-order valence-electron chi connectivity index (χ2n) is 11.0. The highest BCUT2D eigenvalue weighted by Crippen LogP contribution is 2.36. The summed E-state index contributed by atoms with van der Waals surface area (Å²) in [6, 6.07) is 17.5. The topological polar surface area (TPSA) is 105 Å². The highest BCUT2D eigenvalue weighted by atomic mass is 127. The molecule has 0 bridgehead atoms. The van der Waals surface area contributed by atoms with Gasteiger partial charge in [-0.05, 0) is 99.2 Å². The first-order chi connectivity index (χ1) is 23.0. The summed E-state index contributed by atoms with van der Waals surface area (Å²) >= 11 is 7.02. The maximum absolute atomic E-state index is 14.3. The summed E-state index contributed by atoms with van der Waals surface area (Å²) in [5.74, 6) is 0.245. The molecule has 1 aliphatic rings. The number of benzene rings is 3. The normalized spacial score (nSPS) is 14.4. The number of hydrogen-bond donors (Lipinski definition) is 0. The Morgan fingerprint density at radius 3 is 2.42 bits per heavy atom. The molecule has 5 rings (SSSR count). The summed E-state index contributed by atoms with van der Waals surface area (Å²) in [5.41, 5.74) is 3.11. The van der Waals surface area contributed by atoms with Crippen LogP contribution < -0.4 is 24.4 Å². The lowest BCUT2D eigenvalue weighted by Gasteiger charge is -2.26. The van der Waals surface area contributed by atoms with E-state index in [0.717, 1.165) is 13.6 Å². The van der Waals surface area contributed by atoms with Crippen molar-refractivity contribution in [2.45, 2.75) is 53.4 Å². The molecule has 3 aromatic carbocycles. The minimum atomic E-state index is -0.812. The van der Waals surface area contributed by atoms with Crippen LogP contribution in [0.3, 0.4) is 0 Å². The van der Waals surface area contributed by atoms with E-state index in [1.165, 1.54) is 11.3 Å². The van der Waals surface area contributed by atoms with Gasteiger partial charge >= 0.3 is 11.9 Å². The average molecular weight is 846 g/mol. The van der Waals surface area contributed by atoms with E-state index in [9.17, 15) is 14.4 Å². The molecule has 0 fully saturated rings. The van der Waals surface area contributed by atoms with Crippen LogP contribution in [0.2, 0.25) is 0 Å². The van der Waals surface area contributed by atoms with Gasteiger partial charge in [-0.1, -0.05) is 57.6 Å². The molecule has 48 heavy (non-hydrogen) atoms. The molecule has 0 aliphatic carbocycles. The van der Waals surface area contributed by atoms with Crippen LogP contribution >= 0.6 is 49.9 Å². The Balaban J connectivity index is 1.60. The second-order valence-corrected chi connectivity index (χ2v) is 14.1. The quantitative estimate of drug-likeness (QED) is 0.122. The fourth-order valence-electron chi connectivity index (χ4n) is 5.24. The van der Waals surface area contributed by atoms with Crippen LogP contribution in [0.4, 0.5) is 0 Å². The molecular weight excluding hydrogens is 811 g/mol. The zero-order valence-electron chi connectivity index (χ0n) is 27.0. The fourth-order valence-corrected chi connectivity index (χ4v) is 7.99. The number of halogens is 2. The Kier molecular flexibility index (Phi) is 11.6. The van der Waals surface area contributed by atoms with Crippen LogP contribution in [-0.4, -0.2) is 35.8 Å². The van der Waals surface area contributed by atoms with Crippen molar-refractivity contribution in [1.82, 2.24) is 4.57 Å². The van der Waals surface area contributed by atoms with Gasteiger partial charge in [-0.15, -0.1) is 0 Å². The minimum Gasteiger partial charge on any atom is -0.491 e. The molecule has 250 valence electrons. The molecule has 1 atom stereocenters. The first-order valence-corrected chi connectivity index (χ1v) is 18.0. The number of aromatic nitrogens is 1. The summed E-state index contributed by atoms with van der Waals surface area (Å²) in [5, 5.41) is 0. The standard InChI is InChI=1S/C36H34BrIN2O7S/c1-6-44-34(42)23-14-12-22(13-15-23)19-46-32-24(16-25(37)18-27(32)38)17-29-33(41)40-31(26-10-8-9-11-28(26)47-20(3)4)30(35(43)45-7-2)21(5)39-36(40)48-29/h8-18,20,31H,6-7,19H2,1-5H3/b29-17-/t31-/m0/s1. The van der Waals surface area contributed by atoms with Crippen molar-refractivity contribution in [3.05, 3.63) is 122 Å². The fraction of sp³-hybridized carbons (Fsp3) is 0.278. The van der Waals surface area contributed by atoms with Crippen LogP contribution in [-0.2, 0) is 20.9 Å². The first-order valence-electron chi connectivity index (χ1n) is 15.4. The molecule has 0 saturated carbocycles. The minimum absolute atomic E-state index is 0.133. The lowest BCUT2D eigenvalue weighted by atomic mass is 9.95. The summed E-state index contributed by atoms with van der Waals surface area (Å²) in [7, 11) is 0. The molecule has 12 heteroatoms. The van der Waals surface area contributed by atoms with Crippen molar-refractivity contribution in [3.8, 4) is 11.5 Å². The summed E-state index contributed by atoms with van der Waals surface area (Å²) in [6.45, 7) is 9.82. The average Bonchev–Trinajstić information content (AvgIpc) is 3.34. The van der Waals surface area contributed by atoms with Crippen LogP contribution in [0.5, 0.6) is 11.5 Å². The van der Waals surface area contributed by atoms with E-state index in [4.69, 9.17) is 23.9 Å². The lowest BCUT2D eigenvalue weighted by Crippen LogP contribution is -2.40. The predicted molar refractivity (Wildman–Crippen MR) is 196 cm³/mol. The van der Waals surface area contributed by atoms with Crippen molar-refractivity contribution in [3.63, 3.8) is 0 Å². The number of ether oxygens (including phenoxy) is 4. The van der Waals surface area contributed by atoms with Gasteiger partial charge in [-0.3, -0.25) is 9.36 Å². The summed E-state index contributed by atoms with van der Waals surface area (Å²) in [6.07, 6.45) is 1.65. The number of para-hydroxylation sites is 1. The molecule has 0 radical (unpaired) electrons. The number of nitrogens with zero attached hydrogens (tertiary/aromatic N) is 2. The molecule has 0 unspecified atom stereocenters. The zero-order valence-corrected chi connectivity index (χ0v) is 31.6. The van der Waals surface area contributed by atoms with E-state index in [2.05, 4.69) is 38.5 Å². The maximum Gasteiger partial charge on any atom is 0.338 e. The number of allylic oxidation sites excluding steroid dienone is 1. The molecule has 0 amide bonds. The van der Waals surface area contributed by atoms with Crippen molar-refractivity contribution < 1.29 is 28.5 Å². The SMILES string of the molecule is CCOC(=O)C1=C(C)N=c2s/c(=C\c3cc(Br)cc(I)c3OCc3ccc(C(=O)OCC)cc3)c(=O)n2[C@H]1c1ccccc1OC(C)C. The molecule has 0 saturated heterocycles. The Hall–Kier alpha value is -3.75. The van der Waals surface area contributed by atoms with Gasteiger partial charge in [0.2, 0.25) is 0 Å². The maximum atomic E-state index is 14.3. The van der Waals surface area contributed by atoms with Crippen LogP contribution in [0, 0.1) is 3.57 Å². The van der Waals surface area contributed by atoms with Crippen molar-refractivity contribution in [1.29, 1.82) is 0 Å². The Bertz CT molecular complexity index is 2070. The number of hydrogen-bond acceptors (Lipinski definition) is 9. The molecular formula is C36H34BrIN2O7S. The number of esters is 2. The third-order valence-corrected chi connectivity index (χ3v) is 9.51. The predicted octanol–water partition coefficient (Wildman–Crippen LogP) is 6.71. The van der Waals surface area contributed by atoms with Crippen molar-refractivity contribution >= 4 is 67.9 Å². The number of carbonyl (C=O) groups excluding carboxylic acids is 2. The van der Waals surface area contributed by atoms with Crippen LogP contribution in [0.1, 0.15) is 67.7 Å². The van der Waals surface area contributed by atoms with Gasteiger partial charge in [0.15, 0.2) is 4.80 Å². The van der Waals surface area contributed by atoms with Crippen molar-refractivity contribution in [2.75, 3.05) is 13.2 Å². The van der Waals surface area contributed by atoms with Gasteiger partial charge < -0.3 is 18.9 Å². The van der Waals surface area contributed by atoms with Gasteiger partial charge in [0.25, 0.3) is 5.56 Å². The number of carbonyl (C=O) groups is 2. The second kappa shape index (κ2) is 15.6. The first kappa shape index (κ1) is 35.6. The van der Waals surface area contributed by atoms with Crippen LogP contribution in [0.25, 0.3) is 6.08 Å². The van der Waals surface area contributed by atoms with Gasteiger partial charge in [0.05, 0.1) is 44.3 Å². The third kappa shape index (κ3) is 7.76. The van der Waals surface area contributed by atoms with E-state index in [1.807, 2.05) is 62.4 Å². The highest BCUT2D eigenvalue weighted by Gasteiger charge is 2.35. The number of rotatable bonds is 11. The number of thiazole rings is 1. The molecule has 9 nitrogen and oxygen atoms in total. The largest absolute Gasteiger partial charge is 0.491 e. The van der Waals surface area contributed by atoms with E-state index >= 15 is 0 Å². The van der Waals surface area contributed by atoms with E-state index in [-0.39, 0.29) is 36.4 Å². The molecule has 0 spiro atoms. The molecule has 2 heterocycles. The smallest absolute Gasteiger partial charge is 0.338 e. The Labute approximate surface area is 304 Å². The monoisotopic (exact) mass is 844 g/mol. The van der Waals surface area contributed by atoms with Crippen LogP contribution in [0.15, 0.2) is 86.2 Å².